The van der Waals surface area contributed by atoms with Crippen molar-refractivity contribution < 1.29 is 35.9 Å². The molecule has 2 aromatic heterocycles. The summed E-state index contributed by atoms with van der Waals surface area (Å²) in [6.07, 6.45) is -8.19. The van der Waals surface area contributed by atoms with Crippen molar-refractivity contribution >= 4 is 17.7 Å². The van der Waals surface area contributed by atoms with E-state index in [-0.39, 0.29) is 40.6 Å². The number of nitrogens with zero attached hydrogens (tertiary/aromatic N) is 4. The summed E-state index contributed by atoms with van der Waals surface area (Å²) in [6.45, 7) is 6.18. The summed E-state index contributed by atoms with van der Waals surface area (Å²) in [7, 11) is 0. The standard InChI is InChI=1S/C26H27F6N5O2/c1-24(2,3)39-23(38)36-12-15-7-8-16(13-36)20(15)33-22-34-21-18(9-10-19(26(30,31)32)37(21)35-22)14-5-4-6-17(11-14)25(27,28)29/h4-6,9-11,15-16,20H,7-8,12-13H2,1-3H3,(H,33,35)/t15-,16+,20-. The van der Waals surface area contributed by atoms with Gasteiger partial charge in [-0.05, 0) is 75.3 Å². The van der Waals surface area contributed by atoms with Gasteiger partial charge in [0.25, 0.3) is 0 Å². The van der Waals surface area contributed by atoms with E-state index in [1.165, 1.54) is 12.1 Å². The number of hydrogen-bond donors (Lipinski definition) is 1. The molecule has 1 aliphatic heterocycles. The molecule has 0 radical (unpaired) electrons. The van der Waals surface area contributed by atoms with Crippen LogP contribution in [0.2, 0.25) is 0 Å². The van der Waals surface area contributed by atoms with Crippen LogP contribution in [0.1, 0.15) is 44.9 Å². The maximum atomic E-state index is 13.8. The number of amides is 1. The summed E-state index contributed by atoms with van der Waals surface area (Å²) in [5, 5.41) is 7.24. The van der Waals surface area contributed by atoms with Gasteiger partial charge in [0.15, 0.2) is 5.65 Å². The molecule has 0 unspecified atom stereocenters. The van der Waals surface area contributed by atoms with E-state index in [0.29, 0.717) is 17.6 Å². The number of fused-ring (bicyclic) bond motifs is 3. The minimum atomic E-state index is -4.77. The molecule has 1 aliphatic carbocycles. The lowest BCUT2D eigenvalue weighted by Crippen LogP contribution is -2.51. The summed E-state index contributed by atoms with van der Waals surface area (Å²) < 4.78 is 87.4. The van der Waals surface area contributed by atoms with Crippen molar-refractivity contribution in [1.29, 1.82) is 0 Å². The van der Waals surface area contributed by atoms with Crippen molar-refractivity contribution in [1.82, 2.24) is 19.5 Å². The SMILES string of the molecule is CC(C)(C)OC(=O)N1C[C@H]2CC[C@@H](C1)[C@@H]2Nc1nc2c(-c3cccc(C(F)(F)F)c3)ccc(C(F)(F)F)n2n1. The fraction of sp³-hybridized carbons (Fsp3) is 0.500. The van der Waals surface area contributed by atoms with Crippen LogP contribution in [0.25, 0.3) is 16.8 Å². The number of likely N-dealkylation sites (tertiary alicyclic amines) is 1. The highest BCUT2D eigenvalue weighted by Gasteiger charge is 2.45. The first-order valence-electron chi connectivity index (χ1n) is 12.5. The van der Waals surface area contributed by atoms with Crippen molar-refractivity contribution in [3.05, 3.63) is 47.7 Å². The lowest BCUT2D eigenvalue weighted by atomic mass is 9.92. The van der Waals surface area contributed by atoms with Crippen LogP contribution in [0.4, 0.5) is 37.1 Å². The van der Waals surface area contributed by atoms with Crippen LogP contribution in [0.15, 0.2) is 36.4 Å². The van der Waals surface area contributed by atoms with E-state index < -0.39 is 35.3 Å². The van der Waals surface area contributed by atoms with E-state index in [9.17, 15) is 31.1 Å². The van der Waals surface area contributed by atoms with Gasteiger partial charge in [0.05, 0.1) is 5.56 Å². The van der Waals surface area contributed by atoms with Gasteiger partial charge < -0.3 is 15.0 Å². The van der Waals surface area contributed by atoms with Gasteiger partial charge in [-0.25, -0.2) is 9.31 Å². The normalized spacial score (nSPS) is 21.9. The highest BCUT2D eigenvalue weighted by molar-refractivity contribution is 5.79. The third kappa shape index (κ3) is 5.48. The Labute approximate surface area is 220 Å². The molecule has 3 heterocycles. The van der Waals surface area contributed by atoms with Crippen LogP contribution in [0.3, 0.4) is 0 Å². The van der Waals surface area contributed by atoms with Gasteiger partial charge in [0, 0.05) is 24.7 Å². The summed E-state index contributed by atoms with van der Waals surface area (Å²) in [6, 6.07) is 6.04. The Morgan fingerprint density at radius 2 is 1.64 bits per heavy atom. The zero-order valence-corrected chi connectivity index (χ0v) is 21.4. The molecule has 1 saturated heterocycles. The van der Waals surface area contributed by atoms with Crippen LogP contribution in [-0.2, 0) is 17.1 Å². The Hall–Kier alpha value is -3.51. The summed E-state index contributed by atoms with van der Waals surface area (Å²) in [4.78, 5) is 18.5. The van der Waals surface area contributed by atoms with Crippen LogP contribution < -0.4 is 5.32 Å². The minimum absolute atomic E-state index is 0.00732. The first-order valence-corrected chi connectivity index (χ1v) is 12.5. The second-order valence-corrected chi connectivity index (χ2v) is 11.0. The first-order chi connectivity index (χ1) is 18.1. The van der Waals surface area contributed by atoms with E-state index >= 15 is 0 Å². The van der Waals surface area contributed by atoms with Crippen molar-refractivity contribution in [2.24, 2.45) is 11.8 Å². The quantitative estimate of drug-likeness (QED) is 0.374. The number of halogens is 6. The predicted molar refractivity (Wildman–Crippen MR) is 130 cm³/mol. The van der Waals surface area contributed by atoms with Gasteiger partial charge in [-0.15, -0.1) is 5.10 Å². The molecule has 210 valence electrons. The van der Waals surface area contributed by atoms with Gasteiger partial charge in [-0.3, -0.25) is 0 Å². The number of carbonyl (C=O) groups excluding carboxylic acids is 1. The van der Waals surface area contributed by atoms with E-state index in [1.807, 2.05) is 0 Å². The molecule has 1 saturated carbocycles. The Bertz CT molecular complexity index is 1380. The molecule has 2 bridgehead atoms. The van der Waals surface area contributed by atoms with E-state index in [0.717, 1.165) is 37.1 Å². The third-order valence-electron chi connectivity index (χ3n) is 7.06. The smallest absolute Gasteiger partial charge is 0.433 e. The maximum Gasteiger partial charge on any atom is 0.433 e. The fourth-order valence-corrected chi connectivity index (χ4v) is 5.41. The number of anilines is 1. The van der Waals surface area contributed by atoms with E-state index in [1.54, 1.807) is 25.7 Å². The predicted octanol–water partition coefficient (Wildman–Crippen LogP) is 6.49. The van der Waals surface area contributed by atoms with Gasteiger partial charge in [-0.1, -0.05) is 12.1 Å². The van der Waals surface area contributed by atoms with Gasteiger partial charge in [0.1, 0.15) is 11.3 Å². The molecule has 2 aliphatic rings. The molecule has 1 amide bonds. The number of ether oxygens (including phenoxy) is 1. The number of alkyl halides is 6. The van der Waals surface area contributed by atoms with Crippen LogP contribution in [0.5, 0.6) is 0 Å². The molecule has 3 atom stereocenters. The second-order valence-electron chi connectivity index (χ2n) is 11.0. The van der Waals surface area contributed by atoms with Gasteiger partial charge >= 0.3 is 18.4 Å². The monoisotopic (exact) mass is 555 g/mol. The maximum absolute atomic E-state index is 13.8. The second kappa shape index (κ2) is 9.30. The topological polar surface area (TPSA) is 71.8 Å². The molecule has 3 aromatic rings. The molecule has 2 fully saturated rings. The van der Waals surface area contributed by atoms with Crippen LogP contribution in [-0.4, -0.2) is 50.3 Å². The molecule has 5 rings (SSSR count). The highest BCUT2D eigenvalue weighted by atomic mass is 19.4. The zero-order chi connectivity index (χ0) is 28.3. The van der Waals surface area contributed by atoms with Crippen molar-refractivity contribution in [3.8, 4) is 11.1 Å². The zero-order valence-electron chi connectivity index (χ0n) is 21.4. The third-order valence-corrected chi connectivity index (χ3v) is 7.06. The Kier molecular flexibility index (Phi) is 6.46. The summed E-state index contributed by atoms with van der Waals surface area (Å²) >= 11 is 0. The van der Waals surface area contributed by atoms with E-state index in [2.05, 4.69) is 15.4 Å². The largest absolute Gasteiger partial charge is 0.444 e. The summed E-state index contributed by atoms with van der Waals surface area (Å²) in [5.41, 5.74) is -2.74. The number of nitrogens with one attached hydrogen (secondary N) is 1. The molecule has 1 N–H and O–H groups in total. The lowest BCUT2D eigenvalue weighted by molar-refractivity contribution is -0.142. The number of aromatic nitrogens is 3. The number of hydrogen-bond acceptors (Lipinski definition) is 5. The van der Waals surface area contributed by atoms with Gasteiger partial charge in [0.2, 0.25) is 5.95 Å². The van der Waals surface area contributed by atoms with Crippen LogP contribution >= 0.6 is 0 Å². The molecule has 39 heavy (non-hydrogen) atoms. The number of benzene rings is 1. The Morgan fingerprint density at radius 1 is 0.974 bits per heavy atom. The number of rotatable bonds is 3. The number of carbonyl (C=O) groups is 1. The van der Waals surface area contributed by atoms with E-state index in [4.69, 9.17) is 4.74 Å². The molecular formula is C26H27F6N5O2. The molecule has 13 heteroatoms. The Morgan fingerprint density at radius 3 is 2.23 bits per heavy atom. The van der Waals surface area contributed by atoms with Crippen molar-refractivity contribution in [3.63, 3.8) is 0 Å². The highest BCUT2D eigenvalue weighted by Crippen LogP contribution is 2.40. The fourth-order valence-electron chi connectivity index (χ4n) is 5.41. The number of piperidine rings is 1. The van der Waals surface area contributed by atoms with Crippen molar-refractivity contribution in [2.75, 3.05) is 18.4 Å². The lowest BCUT2D eigenvalue weighted by Gasteiger charge is -2.38. The van der Waals surface area contributed by atoms with Gasteiger partial charge in [-0.2, -0.15) is 31.3 Å². The molecule has 0 spiro atoms. The number of pyridine rings is 1. The average Bonchev–Trinajstić information content (AvgIpc) is 3.32. The summed E-state index contributed by atoms with van der Waals surface area (Å²) in [5.74, 6) is -0.0478. The Balaban J connectivity index is 1.46. The average molecular weight is 556 g/mol. The molecule has 1 aromatic carbocycles. The van der Waals surface area contributed by atoms with Crippen molar-refractivity contribution in [2.45, 2.75) is 57.6 Å². The first kappa shape index (κ1) is 27.1. The minimum Gasteiger partial charge on any atom is -0.444 e. The molecule has 7 nitrogen and oxygen atoms in total. The molecular weight excluding hydrogens is 528 g/mol. The van der Waals surface area contributed by atoms with Crippen LogP contribution in [0, 0.1) is 11.8 Å².